The maximum atomic E-state index is 6.18. The van der Waals surface area contributed by atoms with E-state index in [1.54, 1.807) is 15.0 Å². The monoisotopic (exact) mass is 464 g/mol. The number of unbranched alkanes of at least 4 members (excludes halogenated alkanes) is 3. The zero-order valence-electron chi connectivity index (χ0n) is 21.8. The normalized spacial score (nSPS) is 10.8. The Kier molecular flexibility index (Phi) is 12.3. The van der Waals surface area contributed by atoms with Gasteiger partial charge in [0.2, 0.25) is 0 Å². The lowest BCUT2D eigenvalue weighted by molar-refractivity contribution is 0.480. The van der Waals surface area contributed by atoms with Crippen LogP contribution in [0.1, 0.15) is 76.0 Å². The number of aryl methyl sites for hydroxylation is 3. The second-order valence-corrected chi connectivity index (χ2v) is 9.38. The van der Waals surface area contributed by atoms with Crippen LogP contribution in [-0.4, -0.2) is 22.1 Å². The minimum Gasteiger partial charge on any atom is -0.471 e. The van der Waals surface area contributed by atoms with Crippen molar-refractivity contribution in [3.63, 3.8) is 0 Å². The molecule has 0 amide bonds. The molecule has 3 aromatic rings. The summed E-state index contributed by atoms with van der Waals surface area (Å²) in [6.07, 6.45) is 10.6. The van der Waals surface area contributed by atoms with Gasteiger partial charge in [0, 0.05) is 0 Å². The summed E-state index contributed by atoms with van der Waals surface area (Å²) < 4.78 is 12.4. The molecule has 0 saturated heterocycles. The molecule has 0 aliphatic carbocycles. The molecule has 3 rings (SSSR count). The predicted molar refractivity (Wildman–Crippen MR) is 153 cm³/mol. The molecule has 35 heavy (non-hydrogen) atoms. The van der Waals surface area contributed by atoms with E-state index in [-0.39, 0.29) is 0 Å². The Labute approximate surface area is 215 Å². The van der Waals surface area contributed by atoms with Gasteiger partial charge >= 0.3 is 22.1 Å². The van der Waals surface area contributed by atoms with Crippen LogP contribution in [0.25, 0.3) is 0 Å². The second-order valence-electron chi connectivity index (χ2n) is 9.38. The first-order valence-electron chi connectivity index (χ1n) is 13.5. The maximum Gasteiger partial charge on any atom is 0.462 e. The van der Waals surface area contributed by atoms with Crippen LogP contribution < -0.4 is 16.4 Å². The van der Waals surface area contributed by atoms with Gasteiger partial charge in [-0.3, -0.25) is 0 Å². The van der Waals surface area contributed by atoms with Crippen molar-refractivity contribution < 1.29 is 9.14 Å². The first-order chi connectivity index (χ1) is 17.2. The zero-order valence-corrected chi connectivity index (χ0v) is 21.8. The van der Waals surface area contributed by atoms with Crippen molar-refractivity contribution in [2.45, 2.75) is 78.6 Å². The quantitative estimate of drug-likeness (QED) is 0.267. The van der Waals surface area contributed by atoms with E-state index in [1.807, 2.05) is 0 Å². The van der Waals surface area contributed by atoms with Gasteiger partial charge in [-0.05, 0) is 60.7 Å². The first-order valence-corrected chi connectivity index (χ1v) is 13.5. The van der Waals surface area contributed by atoms with Crippen LogP contribution in [0.4, 0.5) is 0 Å². The van der Waals surface area contributed by atoms with Crippen molar-refractivity contribution in [1.82, 2.24) is 0 Å². The number of hydrogen-bond donors (Lipinski definition) is 0. The molecule has 180 valence electrons. The van der Waals surface area contributed by atoms with Crippen molar-refractivity contribution in [3.8, 4) is 0 Å². The molecule has 0 N–H and O–H groups in total. The Bertz CT molecular complexity index is 901. The van der Waals surface area contributed by atoms with E-state index in [0.29, 0.717) is 0 Å². The minimum absolute atomic E-state index is 0.505. The molecule has 0 aliphatic rings. The summed E-state index contributed by atoms with van der Waals surface area (Å²) >= 11 is 0. The third-order valence-electron chi connectivity index (χ3n) is 6.32. The van der Waals surface area contributed by atoms with E-state index < -0.39 is 7.12 Å². The van der Waals surface area contributed by atoms with E-state index in [1.165, 1.54) is 55.2 Å². The molecule has 0 bridgehead atoms. The van der Waals surface area contributed by atoms with Gasteiger partial charge in [-0.1, -0.05) is 124 Å². The molecule has 5 heteroatoms. The topological polar surface area (TPSA) is 18.5 Å². The van der Waals surface area contributed by atoms with Crippen molar-refractivity contribution >= 4 is 38.5 Å². The summed E-state index contributed by atoms with van der Waals surface area (Å²) in [5.74, 6) is 0. The van der Waals surface area contributed by atoms with Gasteiger partial charge in [-0.25, -0.2) is 0 Å². The first kappa shape index (κ1) is 27.4. The van der Waals surface area contributed by atoms with Gasteiger partial charge in [0.05, 0.1) is 0 Å². The lowest BCUT2D eigenvalue weighted by Gasteiger charge is -2.16. The Hall–Kier alpha value is -2.23. The van der Waals surface area contributed by atoms with Gasteiger partial charge in [0.25, 0.3) is 0 Å². The summed E-state index contributed by atoms with van der Waals surface area (Å²) in [5.41, 5.74) is 7.19. The van der Waals surface area contributed by atoms with Crippen molar-refractivity contribution in [3.05, 3.63) is 89.5 Å². The lowest BCUT2D eigenvalue weighted by Crippen LogP contribution is -2.43. The number of hydrogen-bond acceptors (Lipinski definition) is 2. The molecule has 3 aromatic carbocycles. The maximum absolute atomic E-state index is 6.18. The van der Waals surface area contributed by atoms with Crippen LogP contribution in [0.2, 0.25) is 0 Å². The summed E-state index contributed by atoms with van der Waals surface area (Å²) in [5, 5.41) is 0. The Balaban J connectivity index is 1.64. The molecule has 0 atom stereocenters. The third-order valence-corrected chi connectivity index (χ3v) is 6.32. The smallest absolute Gasteiger partial charge is 0.462 e. The van der Waals surface area contributed by atoms with Gasteiger partial charge in [-0.2, -0.15) is 0 Å². The van der Waals surface area contributed by atoms with Crippen LogP contribution in [0.15, 0.2) is 72.8 Å². The minimum atomic E-state index is -0.505. The van der Waals surface area contributed by atoms with E-state index in [0.717, 1.165) is 35.7 Å². The van der Waals surface area contributed by atoms with Crippen molar-refractivity contribution in [2.24, 2.45) is 0 Å². The second kappa shape index (κ2) is 15.7. The van der Waals surface area contributed by atoms with Gasteiger partial charge < -0.3 is 9.14 Å². The van der Waals surface area contributed by atoms with Crippen molar-refractivity contribution in [1.29, 1.82) is 0 Å². The average Bonchev–Trinajstić information content (AvgIpc) is 2.91. The standard InChI is InChI=1S/C30H39B3O2/c1-4-7-10-25-13-19-28(20-14-25)31-34-33(30-23-17-27(18-24-30)12-9-6-3)35-32-29-21-15-26(16-22-29)11-8-5-2/h13-24H,4-12H2,1-3H3. The highest BCUT2D eigenvalue weighted by Gasteiger charge is 2.22. The summed E-state index contributed by atoms with van der Waals surface area (Å²) in [6.45, 7) is 6.68. The summed E-state index contributed by atoms with van der Waals surface area (Å²) in [7, 11) is 3.11. The van der Waals surface area contributed by atoms with Crippen LogP contribution in [0, 0.1) is 0 Å². The molecule has 2 nitrogen and oxygen atoms in total. The molecule has 2 radical (unpaired) electrons. The van der Waals surface area contributed by atoms with E-state index in [2.05, 4.69) is 93.6 Å². The van der Waals surface area contributed by atoms with Crippen LogP contribution in [-0.2, 0) is 28.4 Å². The highest BCUT2D eigenvalue weighted by molar-refractivity contribution is 6.73. The zero-order chi connectivity index (χ0) is 24.7. The molecule has 0 unspecified atom stereocenters. The molecule has 0 heterocycles. The third kappa shape index (κ3) is 9.74. The summed E-state index contributed by atoms with van der Waals surface area (Å²) in [6, 6.07) is 25.9. The van der Waals surface area contributed by atoms with E-state index in [4.69, 9.17) is 9.14 Å². The summed E-state index contributed by atoms with van der Waals surface area (Å²) in [4.78, 5) is 0. The molecule has 0 spiro atoms. The van der Waals surface area contributed by atoms with Gasteiger partial charge in [-0.15, -0.1) is 0 Å². The van der Waals surface area contributed by atoms with E-state index >= 15 is 0 Å². The SMILES string of the molecule is CCCCc1ccc([B]OB(O[B]c2ccc(CCCC)cc2)c2ccc(CCCC)cc2)cc1. The highest BCUT2D eigenvalue weighted by Crippen LogP contribution is 2.06. The number of benzene rings is 3. The molecule has 0 fully saturated rings. The Morgan fingerprint density at radius 2 is 0.857 bits per heavy atom. The number of rotatable bonds is 16. The Morgan fingerprint density at radius 1 is 0.514 bits per heavy atom. The lowest BCUT2D eigenvalue weighted by atomic mass is 9.71. The van der Waals surface area contributed by atoms with Crippen LogP contribution >= 0.6 is 0 Å². The largest absolute Gasteiger partial charge is 0.471 e. The van der Waals surface area contributed by atoms with Crippen LogP contribution in [0.3, 0.4) is 0 Å². The van der Waals surface area contributed by atoms with Crippen molar-refractivity contribution in [2.75, 3.05) is 0 Å². The average molecular weight is 464 g/mol. The molecule has 0 aliphatic heterocycles. The Morgan fingerprint density at radius 3 is 1.20 bits per heavy atom. The predicted octanol–water partition coefficient (Wildman–Crippen LogP) is 5.33. The van der Waals surface area contributed by atoms with Crippen LogP contribution in [0.5, 0.6) is 0 Å². The fraction of sp³-hybridized carbons (Fsp3) is 0.400. The fourth-order valence-corrected chi connectivity index (χ4v) is 3.98. The van der Waals surface area contributed by atoms with Gasteiger partial charge in [0.1, 0.15) is 0 Å². The fourth-order valence-electron chi connectivity index (χ4n) is 3.98. The molecule has 0 aromatic heterocycles. The highest BCUT2D eigenvalue weighted by atomic mass is 16.5. The van der Waals surface area contributed by atoms with E-state index in [9.17, 15) is 0 Å². The molecular formula is C30H39B3O2. The van der Waals surface area contributed by atoms with Gasteiger partial charge in [0.15, 0.2) is 0 Å². The molecule has 0 saturated carbocycles. The molecular weight excluding hydrogens is 425 g/mol.